The van der Waals surface area contributed by atoms with Crippen LogP contribution in [0.4, 0.5) is 0 Å². The summed E-state index contributed by atoms with van der Waals surface area (Å²) in [6.07, 6.45) is 18.5. The molecule has 1 spiro atoms. The molecule has 4 aliphatic carbocycles. The van der Waals surface area contributed by atoms with Crippen LogP contribution in [0.2, 0.25) is 0 Å². The predicted octanol–water partition coefficient (Wildman–Crippen LogP) is 4.35. The van der Waals surface area contributed by atoms with E-state index in [2.05, 4.69) is 34.2 Å². The average Bonchev–Trinajstić information content (AvgIpc) is 3.34. The van der Waals surface area contributed by atoms with Crippen molar-refractivity contribution in [2.24, 2.45) is 23.2 Å². The molecule has 3 atom stereocenters. The highest BCUT2D eigenvalue weighted by atomic mass is 16.2. The Kier molecular flexibility index (Phi) is 3.72. The van der Waals surface area contributed by atoms with Crippen LogP contribution in [0.1, 0.15) is 56.9 Å². The number of aromatic nitrogens is 1. The van der Waals surface area contributed by atoms with Crippen LogP contribution in [0.5, 0.6) is 0 Å². The molecule has 2 bridgehead atoms. The third-order valence-electron chi connectivity index (χ3n) is 7.44. The van der Waals surface area contributed by atoms with Gasteiger partial charge in [0.15, 0.2) is 0 Å². The van der Waals surface area contributed by atoms with Crippen molar-refractivity contribution in [1.29, 1.82) is 0 Å². The zero-order valence-corrected chi connectivity index (χ0v) is 14.9. The topological polar surface area (TPSA) is 33.2 Å². The summed E-state index contributed by atoms with van der Waals surface area (Å²) < 4.78 is 0. The highest BCUT2D eigenvalue weighted by Crippen LogP contribution is 2.70. The Hall–Kier alpha value is -1.64. The van der Waals surface area contributed by atoms with Gasteiger partial charge in [0.25, 0.3) is 0 Å². The molecule has 3 fully saturated rings. The monoisotopic (exact) mass is 336 g/mol. The highest BCUT2D eigenvalue weighted by Gasteiger charge is 2.64. The van der Waals surface area contributed by atoms with Crippen LogP contribution in [0, 0.1) is 23.2 Å². The van der Waals surface area contributed by atoms with Crippen LogP contribution in [0.25, 0.3) is 0 Å². The van der Waals surface area contributed by atoms with Crippen LogP contribution in [0.15, 0.2) is 36.7 Å². The lowest BCUT2D eigenvalue weighted by atomic mass is 9.86. The number of allylic oxidation sites excluding steroid dienone is 2. The quantitative estimate of drug-likeness (QED) is 0.766. The maximum atomic E-state index is 13.6. The van der Waals surface area contributed by atoms with Crippen LogP contribution in [0.3, 0.4) is 0 Å². The van der Waals surface area contributed by atoms with E-state index in [1.54, 1.807) is 0 Å². The van der Waals surface area contributed by atoms with Gasteiger partial charge in [-0.2, -0.15) is 0 Å². The Bertz CT molecular complexity index is 673. The second-order valence-electron chi connectivity index (χ2n) is 8.71. The number of rotatable bonds is 4. The summed E-state index contributed by atoms with van der Waals surface area (Å²) in [4.78, 5) is 20.0. The maximum absolute atomic E-state index is 13.6. The molecule has 0 radical (unpaired) electrons. The third-order valence-corrected chi connectivity index (χ3v) is 7.44. The maximum Gasteiger partial charge on any atom is 0.226 e. The fourth-order valence-electron chi connectivity index (χ4n) is 5.93. The highest BCUT2D eigenvalue weighted by molar-refractivity contribution is 5.81. The largest absolute Gasteiger partial charge is 0.335 e. The number of carbonyl (C=O) groups is 1. The summed E-state index contributed by atoms with van der Waals surface area (Å²) in [5.41, 5.74) is 1.71. The molecule has 1 aromatic rings. The van der Waals surface area contributed by atoms with E-state index in [0.717, 1.165) is 13.0 Å². The van der Waals surface area contributed by atoms with Crippen molar-refractivity contribution in [3.05, 3.63) is 42.2 Å². The van der Waals surface area contributed by atoms with E-state index in [1.807, 2.05) is 12.4 Å². The standard InChI is InChI=1S/C22H28N2O/c25-21(19-14-17-6-7-20(19)22(17)10-11-22)24(18-4-2-1-3-5-18)15-16-8-12-23-13-9-16/h6-9,12-13,17-20H,1-5,10-11,14-15H2/t17-,19-,20-/m1/s1. The van der Waals surface area contributed by atoms with Crippen molar-refractivity contribution >= 4 is 5.91 Å². The molecule has 0 unspecified atom stereocenters. The molecule has 5 rings (SSSR count). The first-order valence-electron chi connectivity index (χ1n) is 10.2. The zero-order chi connectivity index (χ0) is 16.9. The Balaban J connectivity index is 1.39. The minimum absolute atomic E-state index is 0.237. The number of nitrogens with zero attached hydrogens (tertiary/aromatic N) is 2. The second-order valence-corrected chi connectivity index (χ2v) is 8.71. The fraction of sp³-hybridized carbons (Fsp3) is 0.636. The summed E-state index contributed by atoms with van der Waals surface area (Å²) in [5, 5.41) is 0. The van der Waals surface area contributed by atoms with Crippen molar-refractivity contribution < 1.29 is 4.79 Å². The number of hydrogen-bond acceptors (Lipinski definition) is 2. The first-order valence-corrected chi connectivity index (χ1v) is 10.2. The van der Waals surface area contributed by atoms with Gasteiger partial charge in [0.1, 0.15) is 0 Å². The number of hydrogen-bond donors (Lipinski definition) is 0. The van der Waals surface area contributed by atoms with E-state index in [4.69, 9.17) is 0 Å². The number of amides is 1. The molecule has 132 valence electrons. The van der Waals surface area contributed by atoms with Crippen molar-refractivity contribution in [2.75, 3.05) is 0 Å². The Labute approximate surface area is 150 Å². The van der Waals surface area contributed by atoms with Crippen LogP contribution in [-0.2, 0) is 11.3 Å². The van der Waals surface area contributed by atoms with Crippen molar-refractivity contribution in [3.63, 3.8) is 0 Å². The van der Waals surface area contributed by atoms with Gasteiger partial charge in [-0.3, -0.25) is 9.78 Å². The van der Waals surface area contributed by atoms with E-state index in [0.29, 0.717) is 29.2 Å². The molecule has 0 aliphatic heterocycles. The molecule has 1 amide bonds. The van der Waals surface area contributed by atoms with Gasteiger partial charge in [-0.15, -0.1) is 0 Å². The van der Waals surface area contributed by atoms with Gasteiger partial charge in [0.2, 0.25) is 5.91 Å². The van der Waals surface area contributed by atoms with Gasteiger partial charge in [0, 0.05) is 30.9 Å². The Morgan fingerprint density at radius 2 is 1.88 bits per heavy atom. The molecule has 1 aromatic heterocycles. The lowest BCUT2D eigenvalue weighted by Gasteiger charge is -2.37. The average molecular weight is 336 g/mol. The molecule has 0 aromatic carbocycles. The van der Waals surface area contributed by atoms with Gasteiger partial charge in [-0.05, 0) is 67.1 Å². The molecule has 0 N–H and O–H groups in total. The van der Waals surface area contributed by atoms with Gasteiger partial charge >= 0.3 is 0 Å². The molecule has 3 heteroatoms. The van der Waals surface area contributed by atoms with E-state index in [-0.39, 0.29) is 5.92 Å². The number of pyridine rings is 1. The summed E-state index contributed by atoms with van der Waals surface area (Å²) >= 11 is 0. The molecular formula is C22H28N2O. The lowest BCUT2D eigenvalue weighted by Crippen LogP contribution is -2.45. The van der Waals surface area contributed by atoms with Crippen molar-refractivity contribution in [2.45, 2.75) is 64.0 Å². The molecule has 0 saturated heterocycles. The zero-order valence-electron chi connectivity index (χ0n) is 14.9. The molecular weight excluding hydrogens is 308 g/mol. The van der Waals surface area contributed by atoms with Gasteiger partial charge in [0.05, 0.1) is 0 Å². The summed E-state index contributed by atoms with van der Waals surface area (Å²) in [6.45, 7) is 0.761. The predicted molar refractivity (Wildman–Crippen MR) is 97.6 cm³/mol. The van der Waals surface area contributed by atoms with E-state index in [1.165, 1.54) is 50.5 Å². The van der Waals surface area contributed by atoms with Gasteiger partial charge in [-0.1, -0.05) is 31.4 Å². The van der Waals surface area contributed by atoms with Gasteiger partial charge < -0.3 is 4.90 Å². The van der Waals surface area contributed by atoms with Crippen LogP contribution < -0.4 is 0 Å². The number of carbonyl (C=O) groups excluding carboxylic acids is 1. The van der Waals surface area contributed by atoms with E-state index in [9.17, 15) is 4.79 Å². The van der Waals surface area contributed by atoms with Crippen LogP contribution in [-0.4, -0.2) is 21.8 Å². The third kappa shape index (κ3) is 2.54. The minimum Gasteiger partial charge on any atom is -0.335 e. The second kappa shape index (κ2) is 5.96. The van der Waals surface area contributed by atoms with E-state index >= 15 is 0 Å². The first kappa shape index (κ1) is 15.6. The molecule has 4 aliphatic rings. The van der Waals surface area contributed by atoms with Crippen molar-refractivity contribution in [3.8, 4) is 0 Å². The summed E-state index contributed by atoms with van der Waals surface area (Å²) in [7, 11) is 0. The molecule has 3 nitrogen and oxygen atoms in total. The molecule has 25 heavy (non-hydrogen) atoms. The molecule has 1 heterocycles. The van der Waals surface area contributed by atoms with E-state index < -0.39 is 0 Å². The van der Waals surface area contributed by atoms with Gasteiger partial charge in [-0.25, -0.2) is 0 Å². The Morgan fingerprint density at radius 1 is 1.12 bits per heavy atom. The van der Waals surface area contributed by atoms with Crippen LogP contribution >= 0.6 is 0 Å². The summed E-state index contributed by atoms with van der Waals surface area (Å²) in [5.74, 6) is 1.88. The SMILES string of the molecule is O=C([C@@H]1C[C@H]2C=C[C@H]1C21CC1)N(Cc1ccncc1)C1CCCCC1. The minimum atomic E-state index is 0.237. The normalized spacial score (nSPS) is 32.2. The van der Waals surface area contributed by atoms with Crippen molar-refractivity contribution in [1.82, 2.24) is 9.88 Å². The lowest BCUT2D eigenvalue weighted by molar-refractivity contribution is -0.140. The smallest absolute Gasteiger partial charge is 0.226 e. The molecule has 3 saturated carbocycles. The Morgan fingerprint density at radius 3 is 2.56 bits per heavy atom. The fourth-order valence-corrected chi connectivity index (χ4v) is 5.93. The summed E-state index contributed by atoms with van der Waals surface area (Å²) in [6, 6.07) is 4.56. The first-order chi connectivity index (χ1) is 12.3.